The first-order chi connectivity index (χ1) is 13.0. The SMILES string of the molecule is CCN(C(=O)[C@@H](C)OC(=O)c1[nH]c(C)c(C(=O)OC)c1C)[C@@H]1CCS(=O)(=O)C1. The number of esters is 2. The highest BCUT2D eigenvalue weighted by molar-refractivity contribution is 7.91. The van der Waals surface area contributed by atoms with E-state index in [-0.39, 0.29) is 22.8 Å². The third-order valence-corrected chi connectivity index (χ3v) is 6.69. The molecule has 1 aromatic heterocycles. The topological polar surface area (TPSA) is 123 Å². The maximum Gasteiger partial charge on any atom is 0.355 e. The Bertz CT molecular complexity index is 888. The summed E-state index contributed by atoms with van der Waals surface area (Å²) in [4.78, 5) is 41.3. The standard InChI is InChI=1S/C18H26N2O7S/c1-6-20(13-7-8-28(24,25)9-13)16(21)12(4)27-18(23)15-10(2)14(11(3)19-15)17(22)26-5/h12-13,19H,6-9H2,1-5H3/t12-,13-/m1/s1. The number of amides is 1. The molecular weight excluding hydrogens is 388 g/mol. The van der Waals surface area contributed by atoms with Crippen molar-refractivity contribution in [2.24, 2.45) is 0 Å². The van der Waals surface area contributed by atoms with E-state index in [2.05, 4.69) is 4.98 Å². The number of carbonyl (C=O) groups is 3. The van der Waals surface area contributed by atoms with Gasteiger partial charge in [-0.25, -0.2) is 18.0 Å². The summed E-state index contributed by atoms with van der Waals surface area (Å²) < 4.78 is 33.4. The predicted molar refractivity (Wildman–Crippen MR) is 101 cm³/mol. The van der Waals surface area contributed by atoms with E-state index in [1.807, 2.05) is 0 Å². The molecule has 9 nitrogen and oxygen atoms in total. The first-order valence-corrected chi connectivity index (χ1v) is 10.8. The Balaban J connectivity index is 2.13. The van der Waals surface area contributed by atoms with Crippen LogP contribution >= 0.6 is 0 Å². The number of H-pyrrole nitrogens is 1. The molecule has 0 bridgehead atoms. The van der Waals surface area contributed by atoms with Crippen LogP contribution < -0.4 is 0 Å². The minimum Gasteiger partial charge on any atom is -0.465 e. The lowest BCUT2D eigenvalue weighted by atomic mass is 10.1. The molecular formula is C18H26N2O7S. The van der Waals surface area contributed by atoms with E-state index >= 15 is 0 Å². The van der Waals surface area contributed by atoms with Gasteiger partial charge in [-0.1, -0.05) is 0 Å². The zero-order valence-electron chi connectivity index (χ0n) is 16.7. The average molecular weight is 414 g/mol. The summed E-state index contributed by atoms with van der Waals surface area (Å²) in [5.41, 5.74) is 1.16. The van der Waals surface area contributed by atoms with Crippen molar-refractivity contribution >= 4 is 27.7 Å². The van der Waals surface area contributed by atoms with Crippen LogP contribution in [0.25, 0.3) is 0 Å². The number of aryl methyl sites for hydroxylation is 1. The zero-order chi connectivity index (χ0) is 21.2. The fraction of sp³-hybridized carbons (Fsp3) is 0.611. The minimum absolute atomic E-state index is 0.0485. The van der Waals surface area contributed by atoms with E-state index < -0.39 is 39.8 Å². The maximum atomic E-state index is 12.7. The predicted octanol–water partition coefficient (Wildman–Crippen LogP) is 0.999. The monoisotopic (exact) mass is 414 g/mol. The number of sulfone groups is 1. The highest BCUT2D eigenvalue weighted by Crippen LogP contribution is 2.22. The molecule has 2 heterocycles. The van der Waals surface area contributed by atoms with Gasteiger partial charge in [0.05, 0.1) is 24.2 Å². The van der Waals surface area contributed by atoms with Gasteiger partial charge in [-0.2, -0.15) is 0 Å². The Morgan fingerprint density at radius 2 is 1.89 bits per heavy atom. The number of aromatic amines is 1. The van der Waals surface area contributed by atoms with Gasteiger partial charge < -0.3 is 19.4 Å². The van der Waals surface area contributed by atoms with Gasteiger partial charge in [0.2, 0.25) is 0 Å². The van der Waals surface area contributed by atoms with Crippen LogP contribution in [0.2, 0.25) is 0 Å². The zero-order valence-corrected chi connectivity index (χ0v) is 17.5. The molecule has 0 saturated carbocycles. The van der Waals surface area contributed by atoms with Gasteiger partial charge in [-0.05, 0) is 39.7 Å². The van der Waals surface area contributed by atoms with Crippen LogP contribution in [0.4, 0.5) is 0 Å². The van der Waals surface area contributed by atoms with Crippen molar-refractivity contribution in [3.63, 3.8) is 0 Å². The molecule has 0 spiro atoms. The molecule has 10 heteroatoms. The number of nitrogens with one attached hydrogen (secondary N) is 1. The molecule has 1 aliphatic rings. The average Bonchev–Trinajstić information content (AvgIpc) is 3.13. The molecule has 0 aromatic carbocycles. The quantitative estimate of drug-likeness (QED) is 0.689. The molecule has 1 aromatic rings. The summed E-state index contributed by atoms with van der Waals surface area (Å²) in [5.74, 6) is -1.83. The Morgan fingerprint density at radius 1 is 1.25 bits per heavy atom. The van der Waals surface area contributed by atoms with Crippen LogP contribution in [-0.2, 0) is 24.1 Å². The number of carbonyl (C=O) groups excluding carboxylic acids is 3. The molecule has 0 aliphatic carbocycles. The van der Waals surface area contributed by atoms with Crippen molar-refractivity contribution in [2.45, 2.75) is 46.3 Å². The van der Waals surface area contributed by atoms with Gasteiger partial charge in [0.1, 0.15) is 5.69 Å². The van der Waals surface area contributed by atoms with Crippen molar-refractivity contribution in [3.8, 4) is 0 Å². The van der Waals surface area contributed by atoms with Crippen molar-refractivity contribution in [1.29, 1.82) is 0 Å². The second kappa shape index (κ2) is 8.34. The maximum absolute atomic E-state index is 12.7. The lowest BCUT2D eigenvalue weighted by Crippen LogP contribution is -2.46. The Morgan fingerprint density at radius 3 is 2.39 bits per heavy atom. The number of methoxy groups -OCH3 is 1. The molecule has 156 valence electrons. The fourth-order valence-corrected chi connectivity index (χ4v) is 5.21. The second-order valence-electron chi connectivity index (χ2n) is 6.85. The third kappa shape index (κ3) is 4.37. The van der Waals surface area contributed by atoms with Crippen LogP contribution in [0.3, 0.4) is 0 Å². The smallest absolute Gasteiger partial charge is 0.355 e. The number of aromatic nitrogens is 1. The van der Waals surface area contributed by atoms with Crippen molar-refractivity contribution < 1.29 is 32.3 Å². The summed E-state index contributed by atoms with van der Waals surface area (Å²) in [6.07, 6.45) is -0.722. The molecule has 2 rings (SSSR count). The van der Waals surface area contributed by atoms with Gasteiger partial charge in [-0.3, -0.25) is 4.79 Å². The van der Waals surface area contributed by atoms with Gasteiger partial charge in [0.25, 0.3) is 5.91 Å². The summed E-state index contributed by atoms with van der Waals surface area (Å²) in [6, 6.07) is -0.413. The molecule has 28 heavy (non-hydrogen) atoms. The Labute approximate surface area is 164 Å². The molecule has 0 unspecified atom stereocenters. The van der Waals surface area contributed by atoms with Crippen molar-refractivity contribution in [3.05, 3.63) is 22.5 Å². The lowest BCUT2D eigenvalue weighted by Gasteiger charge is -2.29. The Kier molecular flexibility index (Phi) is 6.53. The summed E-state index contributed by atoms with van der Waals surface area (Å²) in [5, 5.41) is 0. The van der Waals surface area contributed by atoms with E-state index in [0.717, 1.165) is 0 Å². The molecule has 1 fully saturated rings. The van der Waals surface area contributed by atoms with E-state index in [0.29, 0.717) is 24.2 Å². The number of likely N-dealkylation sites (N-methyl/N-ethyl adjacent to an activating group) is 1. The van der Waals surface area contributed by atoms with E-state index in [9.17, 15) is 22.8 Å². The lowest BCUT2D eigenvalue weighted by molar-refractivity contribution is -0.141. The number of hydrogen-bond acceptors (Lipinski definition) is 7. The number of nitrogens with zero attached hydrogens (tertiary/aromatic N) is 1. The number of rotatable bonds is 6. The largest absolute Gasteiger partial charge is 0.465 e. The van der Waals surface area contributed by atoms with E-state index in [1.165, 1.54) is 18.9 Å². The molecule has 2 atom stereocenters. The van der Waals surface area contributed by atoms with E-state index in [4.69, 9.17) is 9.47 Å². The van der Waals surface area contributed by atoms with Crippen molar-refractivity contribution in [1.82, 2.24) is 9.88 Å². The summed E-state index contributed by atoms with van der Waals surface area (Å²) in [6.45, 7) is 6.72. The van der Waals surface area contributed by atoms with Gasteiger partial charge >= 0.3 is 11.9 Å². The van der Waals surface area contributed by atoms with Crippen LogP contribution in [0.15, 0.2) is 0 Å². The first-order valence-electron chi connectivity index (χ1n) is 9.01. The van der Waals surface area contributed by atoms with Crippen molar-refractivity contribution in [2.75, 3.05) is 25.2 Å². The van der Waals surface area contributed by atoms with Crippen LogP contribution in [0, 0.1) is 13.8 Å². The van der Waals surface area contributed by atoms with Crippen LogP contribution in [0.1, 0.15) is 52.4 Å². The first kappa shape index (κ1) is 21.9. The van der Waals surface area contributed by atoms with Gasteiger partial charge in [-0.15, -0.1) is 0 Å². The third-order valence-electron chi connectivity index (χ3n) is 4.94. The van der Waals surface area contributed by atoms with Crippen LogP contribution in [-0.4, -0.2) is 73.5 Å². The molecule has 1 saturated heterocycles. The molecule has 1 aliphatic heterocycles. The van der Waals surface area contributed by atoms with Gasteiger partial charge in [0.15, 0.2) is 15.9 Å². The van der Waals surface area contributed by atoms with E-state index in [1.54, 1.807) is 20.8 Å². The van der Waals surface area contributed by atoms with Crippen LogP contribution in [0.5, 0.6) is 0 Å². The fourth-order valence-electron chi connectivity index (χ4n) is 3.48. The second-order valence-corrected chi connectivity index (χ2v) is 9.07. The number of hydrogen-bond donors (Lipinski definition) is 1. The normalized spacial score (nSPS) is 19.1. The minimum atomic E-state index is -3.14. The highest BCUT2D eigenvalue weighted by Gasteiger charge is 2.36. The number of ether oxygens (including phenoxy) is 2. The van der Waals surface area contributed by atoms with Gasteiger partial charge in [0, 0.05) is 18.3 Å². The Hall–Kier alpha value is -2.36. The molecule has 1 amide bonds. The highest BCUT2D eigenvalue weighted by atomic mass is 32.2. The summed E-state index contributed by atoms with van der Waals surface area (Å²) >= 11 is 0. The summed E-state index contributed by atoms with van der Waals surface area (Å²) in [7, 11) is -1.90. The molecule has 1 N–H and O–H groups in total. The molecule has 0 radical (unpaired) electrons.